The number of hydrogen-bond acceptors (Lipinski definition) is 6. The lowest BCUT2D eigenvalue weighted by atomic mass is 10.1. The molecule has 0 saturated carbocycles. The van der Waals surface area contributed by atoms with E-state index in [-0.39, 0.29) is 11.5 Å². The molecule has 1 amide bonds. The molecule has 1 aromatic heterocycles. The zero-order valence-electron chi connectivity index (χ0n) is 9.69. The summed E-state index contributed by atoms with van der Waals surface area (Å²) in [6.07, 6.45) is 0. The van der Waals surface area contributed by atoms with E-state index in [9.17, 15) is 13.6 Å². The number of nitrogens with one attached hydrogen (secondary N) is 2. The summed E-state index contributed by atoms with van der Waals surface area (Å²) in [4.78, 5) is 12.8. The highest BCUT2D eigenvalue weighted by Crippen LogP contribution is 2.20. The van der Waals surface area contributed by atoms with Crippen LogP contribution in [0.1, 0.15) is 10.4 Å². The molecule has 0 radical (unpaired) electrons. The molecule has 0 aliphatic carbocycles. The Bertz CT molecular complexity index is 604. The number of hydrogen-bond donors (Lipinski definition) is 3. The molecule has 0 spiro atoms. The monoisotopic (exact) mass is 269 g/mol. The lowest BCUT2D eigenvalue weighted by Gasteiger charge is -2.06. The van der Waals surface area contributed by atoms with Crippen molar-refractivity contribution in [3.63, 3.8) is 0 Å². The summed E-state index contributed by atoms with van der Waals surface area (Å²) in [5.74, 6) is 2.13. The van der Waals surface area contributed by atoms with Gasteiger partial charge in [0.1, 0.15) is 5.69 Å². The van der Waals surface area contributed by atoms with Gasteiger partial charge in [0.05, 0.1) is 7.05 Å². The number of benzene rings is 1. The minimum Gasteiger partial charge on any atom is -0.319 e. The average molecular weight is 269 g/mol. The maximum absolute atomic E-state index is 13.4. The van der Waals surface area contributed by atoms with Crippen LogP contribution in [0.25, 0.3) is 0 Å². The number of tetrazole rings is 1. The third-order valence-electron chi connectivity index (χ3n) is 2.18. The van der Waals surface area contributed by atoms with Crippen LogP contribution in [0.2, 0.25) is 0 Å². The van der Waals surface area contributed by atoms with Gasteiger partial charge in [-0.3, -0.25) is 16.0 Å². The molecule has 8 nitrogen and oxygen atoms in total. The molecular formula is C9H9F2N7O. The Kier molecular flexibility index (Phi) is 3.33. The van der Waals surface area contributed by atoms with E-state index in [1.54, 1.807) is 0 Å². The van der Waals surface area contributed by atoms with Crippen LogP contribution in [0.4, 0.5) is 20.4 Å². The van der Waals surface area contributed by atoms with Gasteiger partial charge in [-0.2, -0.15) is 4.80 Å². The van der Waals surface area contributed by atoms with Gasteiger partial charge in [0, 0.05) is 5.56 Å². The van der Waals surface area contributed by atoms with Gasteiger partial charge in [-0.1, -0.05) is 5.10 Å². The molecule has 0 saturated heterocycles. The number of halogens is 2. The van der Waals surface area contributed by atoms with Gasteiger partial charge >= 0.3 is 0 Å². The molecule has 2 aromatic rings. The molecule has 2 rings (SSSR count). The number of rotatable bonds is 3. The van der Waals surface area contributed by atoms with Crippen LogP contribution in [0.15, 0.2) is 12.1 Å². The molecule has 0 unspecified atom stereocenters. The second-order valence-corrected chi connectivity index (χ2v) is 3.52. The van der Waals surface area contributed by atoms with Crippen molar-refractivity contribution in [2.24, 2.45) is 12.9 Å². The van der Waals surface area contributed by atoms with Crippen LogP contribution in [0, 0.1) is 11.6 Å². The zero-order chi connectivity index (χ0) is 14.0. The van der Waals surface area contributed by atoms with E-state index in [2.05, 4.69) is 20.7 Å². The van der Waals surface area contributed by atoms with Gasteiger partial charge in [-0.05, 0) is 17.3 Å². The summed E-state index contributed by atoms with van der Waals surface area (Å²) >= 11 is 0. The van der Waals surface area contributed by atoms with Crippen molar-refractivity contribution in [3.05, 3.63) is 29.3 Å². The fourth-order valence-electron chi connectivity index (χ4n) is 1.35. The summed E-state index contributed by atoms with van der Waals surface area (Å²) < 4.78 is 26.8. The Morgan fingerprint density at radius 2 is 2.00 bits per heavy atom. The first-order chi connectivity index (χ1) is 9.01. The number of carbonyl (C=O) groups is 1. The second kappa shape index (κ2) is 4.94. The Morgan fingerprint density at radius 1 is 1.37 bits per heavy atom. The third kappa shape index (κ3) is 2.63. The topological polar surface area (TPSA) is 111 Å². The Balaban J connectivity index is 2.24. The number of nitrogen functional groups attached to an aromatic ring is 1. The molecule has 4 N–H and O–H groups in total. The summed E-state index contributed by atoms with van der Waals surface area (Å²) in [5, 5.41) is 12.9. The number of aryl methyl sites for hydroxylation is 1. The standard InChI is InChI=1S/C9H9F2N7O/c1-18-16-9(15-17-18)13-8(19)4-2-5(10)7(14-12)6(11)3-4/h2-3,14H,12H2,1H3,(H,13,16,19). The Labute approximate surface area is 105 Å². The van der Waals surface area contributed by atoms with Gasteiger partial charge in [0.15, 0.2) is 11.6 Å². The molecule has 0 aliphatic rings. The highest BCUT2D eigenvalue weighted by atomic mass is 19.1. The van der Waals surface area contributed by atoms with E-state index in [0.29, 0.717) is 0 Å². The van der Waals surface area contributed by atoms with Crippen LogP contribution in [-0.4, -0.2) is 26.1 Å². The highest BCUT2D eigenvalue weighted by molar-refractivity contribution is 6.03. The quantitative estimate of drug-likeness (QED) is 0.535. The molecule has 1 heterocycles. The van der Waals surface area contributed by atoms with Crippen molar-refractivity contribution < 1.29 is 13.6 Å². The molecule has 1 aromatic carbocycles. The normalized spacial score (nSPS) is 10.3. The van der Waals surface area contributed by atoms with Crippen molar-refractivity contribution >= 4 is 17.5 Å². The van der Waals surface area contributed by atoms with Gasteiger partial charge in [0.25, 0.3) is 11.9 Å². The lowest BCUT2D eigenvalue weighted by Crippen LogP contribution is -2.16. The molecule has 100 valence electrons. The van der Waals surface area contributed by atoms with Gasteiger partial charge in [0.2, 0.25) is 0 Å². The van der Waals surface area contributed by atoms with Gasteiger partial charge in [-0.25, -0.2) is 8.78 Å². The van der Waals surface area contributed by atoms with E-state index in [4.69, 9.17) is 5.84 Å². The fraction of sp³-hybridized carbons (Fsp3) is 0.111. The molecular weight excluding hydrogens is 260 g/mol. The van der Waals surface area contributed by atoms with Gasteiger partial charge in [-0.15, -0.1) is 5.10 Å². The van der Waals surface area contributed by atoms with E-state index in [1.165, 1.54) is 7.05 Å². The van der Waals surface area contributed by atoms with Crippen LogP contribution >= 0.6 is 0 Å². The van der Waals surface area contributed by atoms with Crippen molar-refractivity contribution in [1.82, 2.24) is 20.2 Å². The smallest absolute Gasteiger partial charge is 0.270 e. The maximum atomic E-state index is 13.4. The lowest BCUT2D eigenvalue weighted by molar-refractivity contribution is 0.102. The molecule has 0 fully saturated rings. The Morgan fingerprint density at radius 3 is 2.47 bits per heavy atom. The molecule has 19 heavy (non-hydrogen) atoms. The average Bonchev–Trinajstić information content (AvgIpc) is 2.74. The number of anilines is 2. The van der Waals surface area contributed by atoms with E-state index in [0.717, 1.165) is 16.9 Å². The Hall–Kier alpha value is -2.62. The number of nitrogens with two attached hydrogens (primary N) is 1. The number of aromatic nitrogens is 4. The molecule has 0 aliphatic heterocycles. The van der Waals surface area contributed by atoms with Crippen LogP contribution in [0.3, 0.4) is 0 Å². The summed E-state index contributed by atoms with van der Waals surface area (Å²) in [7, 11) is 1.50. The maximum Gasteiger partial charge on any atom is 0.270 e. The minimum atomic E-state index is -0.986. The van der Waals surface area contributed by atoms with Crippen LogP contribution in [0.5, 0.6) is 0 Å². The van der Waals surface area contributed by atoms with Crippen molar-refractivity contribution in [3.8, 4) is 0 Å². The third-order valence-corrected chi connectivity index (χ3v) is 2.18. The molecule has 0 atom stereocenters. The number of amides is 1. The SMILES string of the molecule is Cn1nnc(NC(=O)c2cc(F)c(NN)c(F)c2)n1. The van der Waals surface area contributed by atoms with E-state index in [1.807, 2.05) is 5.43 Å². The van der Waals surface area contributed by atoms with Crippen molar-refractivity contribution in [1.29, 1.82) is 0 Å². The fourth-order valence-corrected chi connectivity index (χ4v) is 1.35. The largest absolute Gasteiger partial charge is 0.319 e. The molecule has 10 heteroatoms. The van der Waals surface area contributed by atoms with Crippen LogP contribution in [-0.2, 0) is 7.05 Å². The first kappa shape index (κ1) is 12.8. The molecule has 0 bridgehead atoms. The zero-order valence-corrected chi connectivity index (χ0v) is 9.69. The number of carbonyl (C=O) groups excluding carboxylic acids is 1. The van der Waals surface area contributed by atoms with Gasteiger partial charge < -0.3 is 5.43 Å². The number of hydrazine groups is 1. The predicted octanol–water partition coefficient (Wildman–Crippen LogP) is 0.0262. The first-order valence-corrected chi connectivity index (χ1v) is 5.02. The highest BCUT2D eigenvalue weighted by Gasteiger charge is 2.15. The number of nitrogens with zero attached hydrogens (tertiary/aromatic N) is 4. The minimum absolute atomic E-state index is 0.0747. The van der Waals surface area contributed by atoms with Crippen molar-refractivity contribution in [2.45, 2.75) is 0 Å². The van der Waals surface area contributed by atoms with E-state index < -0.39 is 23.2 Å². The summed E-state index contributed by atoms with van der Waals surface area (Å²) in [6.45, 7) is 0. The summed E-state index contributed by atoms with van der Waals surface area (Å²) in [6, 6.07) is 1.67. The first-order valence-electron chi connectivity index (χ1n) is 5.02. The van der Waals surface area contributed by atoms with Crippen LogP contribution < -0.4 is 16.6 Å². The second-order valence-electron chi connectivity index (χ2n) is 3.52. The predicted molar refractivity (Wildman–Crippen MR) is 60.9 cm³/mol. The van der Waals surface area contributed by atoms with E-state index >= 15 is 0 Å². The summed E-state index contributed by atoms with van der Waals surface area (Å²) in [5.41, 5.74) is 1.11. The van der Waals surface area contributed by atoms with Crippen molar-refractivity contribution in [2.75, 3.05) is 10.7 Å².